The fourth-order valence-corrected chi connectivity index (χ4v) is 5.58. The molecular weight excluding hydrogens is 442 g/mol. The largest absolute Gasteiger partial charge is 0.497 e. The Balaban J connectivity index is 1.71. The van der Waals surface area contributed by atoms with Gasteiger partial charge in [-0.05, 0) is 41.0 Å². The summed E-state index contributed by atoms with van der Waals surface area (Å²) in [5.41, 5.74) is 3.68. The summed E-state index contributed by atoms with van der Waals surface area (Å²) in [7, 11) is 4.66. The Kier molecular flexibility index (Phi) is 4.57. The van der Waals surface area contributed by atoms with Gasteiger partial charge in [-0.15, -0.1) is 0 Å². The standard InChI is InChI=1S/C28H23N3O4/c1-30-22-12-8-7-11-21(22)28(27(30)33)24(26(32)35-3)29-31-23(17-9-5-4-6-10-17)15-18-13-14-19(34-2)16-20(18)25(28)31/h4-16,25H,1-3H3/t25-,28+/m0/s1. The van der Waals surface area contributed by atoms with Crippen molar-refractivity contribution in [2.24, 2.45) is 5.10 Å². The number of anilines is 1. The molecule has 0 saturated heterocycles. The molecule has 7 heteroatoms. The molecule has 1 spiro atoms. The number of hydrogen-bond acceptors (Lipinski definition) is 6. The molecule has 0 aromatic heterocycles. The average molecular weight is 466 g/mol. The number of rotatable bonds is 3. The minimum absolute atomic E-state index is 0.0734. The second-order valence-electron chi connectivity index (χ2n) is 8.77. The molecule has 6 rings (SSSR count). The van der Waals surface area contributed by atoms with E-state index < -0.39 is 17.4 Å². The molecule has 35 heavy (non-hydrogen) atoms. The number of ether oxygens (including phenoxy) is 2. The van der Waals surface area contributed by atoms with Gasteiger partial charge in [0.05, 0.1) is 19.9 Å². The number of para-hydroxylation sites is 1. The third-order valence-corrected chi connectivity index (χ3v) is 7.14. The highest BCUT2D eigenvalue weighted by atomic mass is 16.5. The maximum absolute atomic E-state index is 14.2. The van der Waals surface area contributed by atoms with Crippen LogP contribution in [0.2, 0.25) is 0 Å². The van der Waals surface area contributed by atoms with Gasteiger partial charge in [-0.3, -0.25) is 9.80 Å². The Bertz CT molecular complexity index is 1450. The number of nitrogens with zero attached hydrogens (tertiary/aromatic N) is 3. The van der Waals surface area contributed by atoms with Crippen LogP contribution >= 0.6 is 0 Å². The van der Waals surface area contributed by atoms with Crippen molar-refractivity contribution >= 4 is 35.0 Å². The quantitative estimate of drug-likeness (QED) is 0.547. The molecule has 3 aliphatic rings. The molecule has 0 fully saturated rings. The van der Waals surface area contributed by atoms with E-state index in [0.717, 1.165) is 33.6 Å². The molecular formula is C28H23N3O4. The van der Waals surface area contributed by atoms with Gasteiger partial charge in [0.1, 0.15) is 11.8 Å². The van der Waals surface area contributed by atoms with Crippen LogP contribution in [0.4, 0.5) is 5.69 Å². The molecule has 174 valence electrons. The maximum atomic E-state index is 14.2. The summed E-state index contributed by atoms with van der Waals surface area (Å²) in [4.78, 5) is 29.1. The normalized spacial score (nSPS) is 21.8. The van der Waals surface area contributed by atoms with Gasteiger partial charge in [0, 0.05) is 18.3 Å². The summed E-state index contributed by atoms with van der Waals surface area (Å²) in [6.45, 7) is 0. The number of benzene rings is 3. The lowest BCUT2D eigenvalue weighted by Gasteiger charge is -2.39. The molecule has 1 amide bonds. The summed E-state index contributed by atoms with van der Waals surface area (Å²) in [6.07, 6.45) is 2.03. The van der Waals surface area contributed by atoms with E-state index in [9.17, 15) is 9.59 Å². The zero-order valence-electron chi connectivity index (χ0n) is 19.6. The number of hydrogen-bond donors (Lipinski definition) is 0. The van der Waals surface area contributed by atoms with E-state index in [4.69, 9.17) is 14.6 Å². The molecule has 0 radical (unpaired) electrons. The van der Waals surface area contributed by atoms with E-state index in [1.807, 2.05) is 78.9 Å². The van der Waals surface area contributed by atoms with Crippen LogP contribution in [0.25, 0.3) is 11.8 Å². The Morgan fingerprint density at radius 1 is 1.00 bits per heavy atom. The van der Waals surface area contributed by atoms with Crippen molar-refractivity contribution in [3.63, 3.8) is 0 Å². The van der Waals surface area contributed by atoms with Crippen molar-refractivity contribution in [2.75, 3.05) is 26.2 Å². The maximum Gasteiger partial charge on any atom is 0.355 e. The minimum atomic E-state index is -1.38. The monoisotopic (exact) mass is 465 g/mol. The number of carbonyl (C=O) groups is 2. The number of amides is 1. The molecule has 3 heterocycles. The average Bonchev–Trinajstić information content (AvgIpc) is 3.38. The van der Waals surface area contributed by atoms with Crippen LogP contribution in [0.15, 0.2) is 77.9 Å². The minimum Gasteiger partial charge on any atom is -0.497 e. The van der Waals surface area contributed by atoms with Crippen molar-refractivity contribution < 1.29 is 19.1 Å². The first kappa shape index (κ1) is 21.2. The molecule has 7 nitrogen and oxygen atoms in total. The highest BCUT2D eigenvalue weighted by molar-refractivity contribution is 6.48. The van der Waals surface area contributed by atoms with E-state index in [0.29, 0.717) is 5.75 Å². The summed E-state index contributed by atoms with van der Waals surface area (Å²) < 4.78 is 10.7. The molecule has 0 saturated carbocycles. The lowest BCUT2D eigenvalue weighted by Crippen LogP contribution is -2.51. The zero-order chi connectivity index (χ0) is 24.3. The second kappa shape index (κ2) is 7.56. The summed E-state index contributed by atoms with van der Waals surface area (Å²) in [5, 5.41) is 6.63. The van der Waals surface area contributed by atoms with E-state index in [1.54, 1.807) is 24.1 Å². The fourth-order valence-electron chi connectivity index (χ4n) is 5.58. The first-order valence-corrected chi connectivity index (χ1v) is 11.3. The Labute approximate surface area is 202 Å². The predicted molar refractivity (Wildman–Crippen MR) is 133 cm³/mol. The number of carbonyl (C=O) groups excluding carboxylic acids is 2. The smallest absolute Gasteiger partial charge is 0.355 e. The number of likely N-dealkylation sites (N-methyl/N-ethyl adjacent to an activating group) is 1. The van der Waals surface area contributed by atoms with Gasteiger partial charge in [0.2, 0.25) is 5.91 Å². The van der Waals surface area contributed by atoms with Gasteiger partial charge in [0.25, 0.3) is 0 Å². The molecule has 3 aromatic carbocycles. The number of methoxy groups -OCH3 is 2. The van der Waals surface area contributed by atoms with Gasteiger partial charge >= 0.3 is 5.97 Å². The van der Waals surface area contributed by atoms with E-state index >= 15 is 0 Å². The van der Waals surface area contributed by atoms with Crippen LogP contribution in [0.5, 0.6) is 5.75 Å². The number of fused-ring (bicyclic) bond motifs is 6. The van der Waals surface area contributed by atoms with E-state index in [2.05, 4.69) is 0 Å². The Hall–Kier alpha value is -4.39. The van der Waals surface area contributed by atoms with Crippen molar-refractivity contribution in [3.8, 4) is 5.75 Å². The Morgan fingerprint density at radius 3 is 2.49 bits per heavy atom. The third-order valence-electron chi connectivity index (χ3n) is 7.14. The van der Waals surface area contributed by atoms with Crippen LogP contribution < -0.4 is 9.64 Å². The molecule has 0 aliphatic carbocycles. The Morgan fingerprint density at radius 2 is 1.74 bits per heavy atom. The molecule has 0 unspecified atom stereocenters. The van der Waals surface area contributed by atoms with Gasteiger partial charge < -0.3 is 14.4 Å². The highest BCUT2D eigenvalue weighted by Crippen LogP contribution is 2.59. The van der Waals surface area contributed by atoms with E-state index in [1.165, 1.54) is 7.11 Å². The van der Waals surface area contributed by atoms with Crippen molar-refractivity contribution in [2.45, 2.75) is 11.5 Å². The SMILES string of the molecule is COC(=O)C1=NN2C(c3ccccc3)=Cc3ccc(OC)cc3[C@H]2[C@]12C(=O)N(C)c1ccccc12. The molecule has 2 atom stereocenters. The van der Waals surface area contributed by atoms with Crippen LogP contribution in [0.1, 0.15) is 28.3 Å². The van der Waals surface area contributed by atoms with Crippen molar-refractivity contribution in [1.82, 2.24) is 5.01 Å². The van der Waals surface area contributed by atoms with Crippen LogP contribution in [-0.2, 0) is 19.7 Å². The van der Waals surface area contributed by atoms with Gasteiger partial charge in [0.15, 0.2) is 11.1 Å². The first-order valence-electron chi connectivity index (χ1n) is 11.3. The van der Waals surface area contributed by atoms with Gasteiger partial charge in [-0.1, -0.05) is 54.6 Å². The molecule has 0 N–H and O–H groups in total. The van der Waals surface area contributed by atoms with Crippen LogP contribution in [0, 0.1) is 0 Å². The fraction of sp³-hybridized carbons (Fsp3) is 0.179. The lowest BCUT2D eigenvalue weighted by molar-refractivity contribution is -0.134. The molecule has 3 aliphatic heterocycles. The highest BCUT2D eigenvalue weighted by Gasteiger charge is 2.67. The molecule has 0 bridgehead atoms. The van der Waals surface area contributed by atoms with Crippen LogP contribution in [0.3, 0.4) is 0 Å². The second-order valence-corrected chi connectivity index (χ2v) is 8.77. The first-order chi connectivity index (χ1) is 17.0. The topological polar surface area (TPSA) is 71.4 Å². The van der Waals surface area contributed by atoms with E-state index in [-0.39, 0.29) is 11.6 Å². The van der Waals surface area contributed by atoms with Gasteiger partial charge in [-0.25, -0.2) is 4.79 Å². The summed E-state index contributed by atoms with van der Waals surface area (Å²) in [6, 6.07) is 22.6. The number of hydrazone groups is 1. The predicted octanol–water partition coefficient (Wildman–Crippen LogP) is 4.01. The number of esters is 1. The lowest BCUT2D eigenvalue weighted by atomic mass is 9.68. The third kappa shape index (κ3) is 2.69. The van der Waals surface area contributed by atoms with Crippen LogP contribution in [-0.4, -0.2) is 43.9 Å². The summed E-state index contributed by atoms with van der Waals surface area (Å²) >= 11 is 0. The zero-order valence-corrected chi connectivity index (χ0v) is 19.6. The molecule has 3 aromatic rings. The summed E-state index contributed by atoms with van der Waals surface area (Å²) in [5.74, 6) is -0.192. The van der Waals surface area contributed by atoms with Crippen molar-refractivity contribution in [3.05, 3.63) is 95.1 Å². The van der Waals surface area contributed by atoms with Crippen molar-refractivity contribution in [1.29, 1.82) is 0 Å². The van der Waals surface area contributed by atoms with Gasteiger partial charge in [-0.2, -0.15) is 5.10 Å².